The predicted octanol–water partition coefficient (Wildman–Crippen LogP) is 3.29. The van der Waals surface area contributed by atoms with Crippen molar-refractivity contribution in [2.24, 2.45) is 0 Å². The lowest BCUT2D eigenvalue weighted by atomic mass is 9.87. The van der Waals surface area contributed by atoms with E-state index >= 15 is 0 Å². The summed E-state index contributed by atoms with van der Waals surface area (Å²) in [5, 5.41) is 1.22. The van der Waals surface area contributed by atoms with Gasteiger partial charge in [0.05, 0.1) is 4.90 Å². The Bertz CT molecular complexity index is 474. The van der Waals surface area contributed by atoms with E-state index in [0.29, 0.717) is 4.90 Å². The maximum atomic E-state index is 11.7. The first-order valence-electron chi connectivity index (χ1n) is 5.26. The van der Waals surface area contributed by atoms with E-state index in [-0.39, 0.29) is 5.41 Å². The Morgan fingerprint density at radius 3 is 1.94 bits per heavy atom. The molecule has 1 aromatic rings. The maximum absolute atomic E-state index is 11.7. The molecule has 0 aliphatic heterocycles. The molecule has 2 nitrogen and oxygen atoms in total. The average Bonchev–Trinajstić information content (AvgIpc) is 2.16. The fraction of sp³-hybridized carbons (Fsp3) is 0.385. The third-order valence-electron chi connectivity index (χ3n) is 2.36. The molecule has 1 aromatic carbocycles. The quantitative estimate of drug-likeness (QED) is 0.792. The summed E-state index contributed by atoms with van der Waals surface area (Å²) in [6, 6.07) is 7.07. The van der Waals surface area contributed by atoms with Gasteiger partial charge in [-0.1, -0.05) is 39.0 Å². The predicted molar refractivity (Wildman–Crippen MR) is 67.1 cm³/mol. The van der Waals surface area contributed by atoms with Crippen LogP contribution in [-0.2, 0) is 15.3 Å². The lowest BCUT2D eigenvalue weighted by Gasteiger charge is -2.18. The minimum Gasteiger partial charge on any atom is -0.219 e. The minimum absolute atomic E-state index is 0.0445. The first kappa shape index (κ1) is 13.0. The molecule has 0 atom stereocenters. The molecule has 0 radical (unpaired) electrons. The van der Waals surface area contributed by atoms with Crippen molar-refractivity contribution in [3.05, 3.63) is 41.3 Å². The van der Waals surface area contributed by atoms with Crippen LogP contribution >= 0.6 is 0 Å². The van der Waals surface area contributed by atoms with E-state index in [2.05, 4.69) is 20.8 Å². The highest BCUT2D eigenvalue weighted by Gasteiger charge is 2.15. The monoisotopic (exact) mass is 238 g/mol. The second-order valence-electron chi connectivity index (χ2n) is 4.79. The van der Waals surface area contributed by atoms with Gasteiger partial charge in [-0.05, 0) is 30.0 Å². The normalized spacial score (nSPS) is 13.2. The highest BCUT2D eigenvalue weighted by Crippen LogP contribution is 2.23. The molecule has 0 amide bonds. The summed E-state index contributed by atoms with van der Waals surface area (Å²) < 4.78 is 23.4. The molecular formula is C13H18O2S. The third-order valence-corrected chi connectivity index (χ3v) is 3.92. The van der Waals surface area contributed by atoms with Crippen LogP contribution in [-0.4, -0.2) is 8.42 Å². The lowest BCUT2D eigenvalue weighted by Crippen LogP contribution is -2.11. The molecule has 0 heterocycles. The van der Waals surface area contributed by atoms with E-state index in [1.807, 2.05) is 12.1 Å². The van der Waals surface area contributed by atoms with Crippen LogP contribution in [0.1, 0.15) is 33.3 Å². The second-order valence-corrected chi connectivity index (χ2v) is 6.62. The summed E-state index contributed by atoms with van der Waals surface area (Å²) in [5.74, 6) is 0. The molecular weight excluding hydrogens is 220 g/mol. The highest BCUT2D eigenvalue weighted by atomic mass is 32.2. The molecule has 1 rings (SSSR count). The molecule has 0 aliphatic rings. The Hall–Kier alpha value is -1.09. The van der Waals surface area contributed by atoms with Gasteiger partial charge in [-0.25, -0.2) is 8.42 Å². The van der Waals surface area contributed by atoms with Gasteiger partial charge >= 0.3 is 0 Å². The van der Waals surface area contributed by atoms with E-state index in [0.717, 1.165) is 5.56 Å². The van der Waals surface area contributed by atoms with Crippen LogP contribution in [0.5, 0.6) is 0 Å². The van der Waals surface area contributed by atoms with E-state index in [9.17, 15) is 8.42 Å². The van der Waals surface area contributed by atoms with Gasteiger partial charge in [0.1, 0.15) is 0 Å². The number of hydrogen-bond donors (Lipinski definition) is 0. The van der Waals surface area contributed by atoms with Gasteiger partial charge in [-0.2, -0.15) is 0 Å². The van der Waals surface area contributed by atoms with Crippen LogP contribution in [0.2, 0.25) is 0 Å². The average molecular weight is 238 g/mol. The minimum atomic E-state index is -3.25. The van der Waals surface area contributed by atoms with Gasteiger partial charge in [0.25, 0.3) is 0 Å². The van der Waals surface area contributed by atoms with Gasteiger partial charge in [-0.15, -0.1) is 0 Å². The van der Waals surface area contributed by atoms with E-state index < -0.39 is 9.84 Å². The first-order chi connectivity index (χ1) is 7.27. The van der Waals surface area contributed by atoms with E-state index in [1.54, 1.807) is 19.1 Å². The van der Waals surface area contributed by atoms with Crippen molar-refractivity contribution in [3.8, 4) is 0 Å². The molecule has 3 heteroatoms. The first-order valence-corrected chi connectivity index (χ1v) is 6.80. The van der Waals surface area contributed by atoms with Crippen molar-refractivity contribution in [1.82, 2.24) is 0 Å². The zero-order chi connectivity index (χ0) is 12.4. The summed E-state index contributed by atoms with van der Waals surface area (Å²) in [4.78, 5) is 0.346. The van der Waals surface area contributed by atoms with Gasteiger partial charge in [-0.3, -0.25) is 0 Å². The maximum Gasteiger partial charge on any atom is 0.199 e. The fourth-order valence-corrected chi connectivity index (χ4v) is 2.43. The Morgan fingerprint density at radius 2 is 1.56 bits per heavy atom. The number of sulfone groups is 1. The summed E-state index contributed by atoms with van der Waals surface area (Å²) in [5.41, 5.74) is 1.18. The molecule has 0 bridgehead atoms. The summed E-state index contributed by atoms with van der Waals surface area (Å²) >= 11 is 0. The number of hydrogen-bond acceptors (Lipinski definition) is 2. The zero-order valence-corrected chi connectivity index (χ0v) is 11.0. The van der Waals surface area contributed by atoms with Crippen molar-refractivity contribution in [2.75, 3.05) is 0 Å². The summed E-state index contributed by atoms with van der Waals surface area (Å²) in [7, 11) is -3.25. The molecule has 0 aromatic heterocycles. The molecule has 0 spiro atoms. The Balaban J connectivity index is 3.15. The fourth-order valence-electron chi connectivity index (χ4n) is 1.40. The topological polar surface area (TPSA) is 34.1 Å². The molecule has 0 aliphatic carbocycles. The SMILES string of the molecule is C/C=C/S(=O)(=O)c1ccc(C(C)(C)C)cc1. The van der Waals surface area contributed by atoms with E-state index in [1.165, 1.54) is 11.5 Å². The molecule has 88 valence electrons. The number of rotatable bonds is 2. The van der Waals surface area contributed by atoms with Crippen molar-refractivity contribution in [1.29, 1.82) is 0 Å². The zero-order valence-electron chi connectivity index (χ0n) is 10.2. The van der Waals surface area contributed by atoms with Crippen molar-refractivity contribution in [2.45, 2.75) is 38.0 Å². The Labute approximate surface area is 97.9 Å². The summed E-state index contributed by atoms with van der Waals surface area (Å²) in [6.45, 7) is 7.99. The van der Waals surface area contributed by atoms with Crippen molar-refractivity contribution in [3.63, 3.8) is 0 Å². The van der Waals surface area contributed by atoms with E-state index in [4.69, 9.17) is 0 Å². The van der Waals surface area contributed by atoms with Crippen LogP contribution < -0.4 is 0 Å². The standard InChI is InChI=1S/C13H18O2S/c1-5-10-16(14,15)12-8-6-11(7-9-12)13(2,3)4/h5-10H,1-4H3/b10-5+. The Morgan fingerprint density at radius 1 is 1.06 bits per heavy atom. The third kappa shape index (κ3) is 2.95. The van der Waals surface area contributed by atoms with Crippen LogP contribution in [0.15, 0.2) is 40.6 Å². The van der Waals surface area contributed by atoms with Crippen molar-refractivity contribution >= 4 is 9.84 Å². The summed E-state index contributed by atoms with van der Waals surface area (Å²) in [6.07, 6.45) is 1.53. The smallest absolute Gasteiger partial charge is 0.199 e. The van der Waals surface area contributed by atoms with Gasteiger partial charge < -0.3 is 0 Å². The number of benzene rings is 1. The molecule has 0 unspecified atom stereocenters. The van der Waals surface area contributed by atoms with Crippen LogP contribution in [0, 0.1) is 0 Å². The van der Waals surface area contributed by atoms with Crippen molar-refractivity contribution < 1.29 is 8.42 Å². The van der Waals surface area contributed by atoms with Crippen LogP contribution in [0.4, 0.5) is 0 Å². The van der Waals surface area contributed by atoms with Gasteiger partial charge in [0, 0.05) is 5.41 Å². The van der Waals surface area contributed by atoms with Gasteiger partial charge in [0.2, 0.25) is 0 Å². The molecule has 0 saturated heterocycles. The highest BCUT2D eigenvalue weighted by molar-refractivity contribution is 7.94. The molecule has 0 saturated carbocycles. The van der Waals surface area contributed by atoms with Crippen LogP contribution in [0.3, 0.4) is 0 Å². The number of allylic oxidation sites excluding steroid dienone is 1. The lowest BCUT2D eigenvalue weighted by molar-refractivity contribution is 0.588. The molecule has 16 heavy (non-hydrogen) atoms. The van der Waals surface area contributed by atoms with Gasteiger partial charge in [0.15, 0.2) is 9.84 Å². The molecule has 0 fully saturated rings. The second kappa shape index (κ2) is 4.42. The Kier molecular flexibility index (Phi) is 3.58. The van der Waals surface area contributed by atoms with Crippen LogP contribution in [0.25, 0.3) is 0 Å². The largest absolute Gasteiger partial charge is 0.219 e. The molecule has 0 N–H and O–H groups in total.